The number of aromatic nitrogens is 2. The molecule has 0 unspecified atom stereocenters. The number of aliphatic hydroxyl groups is 1. The van der Waals surface area contributed by atoms with Crippen LogP contribution >= 0.6 is 0 Å². The number of benzene rings is 1. The maximum absolute atomic E-state index is 8.75. The molecule has 0 aliphatic heterocycles. The largest absolute Gasteiger partial charge is 0.396 e. The monoisotopic (exact) mass is 190 g/mol. The zero-order valence-electron chi connectivity index (χ0n) is 8.27. The van der Waals surface area contributed by atoms with Gasteiger partial charge in [0.2, 0.25) is 0 Å². The van der Waals surface area contributed by atoms with Crippen LogP contribution in [0.4, 0.5) is 0 Å². The molecular formula is C11H14N2O. The van der Waals surface area contributed by atoms with Gasteiger partial charge in [0.25, 0.3) is 0 Å². The number of aliphatic hydroxyl groups excluding tert-OH is 1. The van der Waals surface area contributed by atoms with Crippen molar-refractivity contribution in [1.82, 2.24) is 9.55 Å². The summed E-state index contributed by atoms with van der Waals surface area (Å²) in [5.41, 5.74) is 3.40. The molecule has 3 heteroatoms. The molecule has 0 amide bonds. The van der Waals surface area contributed by atoms with Gasteiger partial charge in [-0.2, -0.15) is 0 Å². The van der Waals surface area contributed by atoms with E-state index in [9.17, 15) is 0 Å². The molecule has 1 aromatic carbocycles. The molecule has 0 spiro atoms. The van der Waals surface area contributed by atoms with Gasteiger partial charge in [0, 0.05) is 13.2 Å². The summed E-state index contributed by atoms with van der Waals surface area (Å²) in [4.78, 5) is 4.31. The van der Waals surface area contributed by atoms with Crippen molar-refractivity contribution < 1.29 is 5.11 Å². The summed E-state index contributed by atoms with van der Waals surface area (Å²) in [6, 6.07) is 6.24. The Morgan fingerprint density at radius 3 is 3.07 bits per heavy atom. The average Bonchev–Trinajstić information content (AvgIpc) is 2.57. The Bertz CT molecular complexity index is 434. The predicted molar refractivity (Wildman–Crippen MR) is 56.2 cm³/mol. The normalized spacial score (nSPS) is 11.0. The third-order valence-corrected chi connectivity index (χ3v) is 2.33. The molecular weight excluding hydrogens is 176 g/mol. The molecule has 3 nitrogen and oxygen atoms in total. The van der Waals surface area contributed by atoms with Crippen molar-refractivity contribution in [3.8, 4) is 0 Å². The maximum Gasteiger partial charge on any atom is 0.0958 e. The number of imidazole rings is 1. The summed E-state index contributed by atoms with van der Waals surface area (Å²) in [6.45, 7) is 3.12. The van der Waals surface area contributed by atoms with Crippen molar-refractivity contribution in [3.63, 3.8) is 0 Å². The van der Waals surface area contributed by atoms with Crippen molar-refractivity contribution in [3.05, 3.63) is 30.1 Å². The fourth-order valence-electron chi connectivity index (χ4n) is 1.59. The van der Waals surface area contributed by atoms with Crippen molar-refractivity contribution in [1.29, 1.82) is 0 Å². The molecule has 0 bridgehead atoms. The van der Waals surface area contributed by atoms with E-state index in [1.165, 1.54) is 5.56 Å². The van der Waals surface area contributed by atoms with Crippen LogP contribution in [0.15, 0.2) is 24.5 Å². The molecule has 0 aliphatic carbocycles. The first kappa shape index (κ1) is 9.21. The quantitative estimate of drug-likeness (QED) is 0.800. The lowest BCUT2D eigenvalue weighted by Gasteiger charge is -2.01. The van der Waals surface area contributed by atoms with Crippen molar-refractivity contribution in [2.24, 2.45) is 0 Å². The molecule has 1 aromatic heterocycles. The van der Waals surface area contributed by atoms with Gasteiger partial charge >= 0.3 is 0 Å². The van der Waals surface area contributed by atoms with Gasteiger partial charge < -0.3 is 9.67 Å². The summed E-state index contributed by atoms with van der Waals surface area (Å²) in [5, 5.41) is 8.75. The number of hydrogen-bond acceptors (Lipinski definition) is 2. The lowest BCUT2D eigenvalue weighted by Crippen LogP contribution is -1.97. The van der Waals surface area contributed by atoms with E-state index in [1.807, 2.05) is 6.33 Å². The second-order valence-corrected chi connectivity index (χ2v) is 3.51. The average molecular weight is 190 g/mol. The smallest absolute Gasteiger partial charge is 0.0958 e. The zero-order chi connectivity index (χ0) is 9.97. The van der Waals surface area contributed by atoms with E-state index in [0.29, 0.717) is 0 Å². The Hall–Kier alpha value is -1.35. The van der Waals surface area contributed by atoms with Crippen LogP contribution in [0, 0.1) is 6.92 Å². The molecule has 0 radical (unpaired) electrons. The first-order valence-corrected chi connectivity index (χ1v) is 4.83. The third kappa shape index (κ3) is 1.63. The van der Waals surface area contributed by atoms with Crippen LogP contribution < -0.4 is 0 Å². The van der Waals surface area contributed by atoms with Crippen molar-refractivity contribution in [2.45, 2.75) is 19.9 Å². The first-order valence-electron chi connectivity index (χ1n) is 4.83. The third-order valence-electron chi connectivity index (χ3n) is 2.33. The highest BCUT2D eigenvalue weighted by Crippen LogP contribution is 2.14. The van der Waals surface area contributed by atoms with Crippen LogP contribution in [0.25, 0.3) is 11.0 Å². The van der Waals surface area contributed by atoms with Crippen LogP contribution in [-0.2, 0) is 6.54 Å². The Morgan fingerprint density at radius 2 is 2.29 bits per heavy atom. The van der Waals surface area contributed by atoms with E-state index >= 15 is 0 Å². The number of hydrogen-bond donors (Lipinski definition) is 1. The van der Waals surface area contributed by atoms with Gasteiger partial charge in [0.1, 0.15) is 0 Å². The van der Waals surface area contributed by atoms with Crippen LogP contribution in [0.1, 0.15) is 12.0 Å². The second-order valence-electron chi connectivity index (χ2n) is 3.51. The maximum atomic E-state index is 8.75. The minimum atomic E-state index is 0.228. The van der Waals surface area contributed by atoms with E-state index in [4.69, 9.17) is 5.11 Å². The second kappa shape index (κ2) is 3.80. The van der Waals surface area contributed by atoms with Crippen LogP contribution in [-0.4, -0.2) is 21.3 Å². The van der Waals surface area contributed by atoms with Crippen LogP contribution in [0.3, 0.4) is 0 Å². The van der Waals surface area contributed by atoms with E-state index in [-0.39, 0.29) is 6.61 Å². The topological polar surface area (TPSA) is 38.0 Å². The Morgan fingerprint density at radius 1 is 1.43 bits per heavy atom. The Labute approximate surface area is 83.0 Å². The molecule has 1 heterocycles. The number of nitrogens with zero attached hydrogens (tertiary/aromatic N) is 2. The lowest BCUT2D eigenvalue weighted by atomic mass is 10.2. The lowest BCUT2D eigenvalue weighted by molar-refractivity contribution is 0.280. The standard InChI is InChI=1S/C11H14N2O/c1-9-3-4-11-10(7-9)12-8-13(11)5-2-6-14/h3-4,7-8,14H,2,5-6H2,1H3. The number of rotatable bonds is 3. The van der Waals surface area contributed by atoms with E-state index in [1.54, 1.807) is 0 Å². The number of fused-ring (bicyclic) bond motifs is 1. The summed E-state index contributed by atoms with van der Waals surface area (Å²) in [5.74, 6) is 0. The SMILES string of the molecule is Cc1ccc2c(c1)ncn2CCCO. The van der Waals surface area contributed by atoms with E-state index < -0.39 is 0 Å². The Balaban J connectivity index is 2.37. The van der Waals surface area contributed by atoms with Gasteiger partial charge in [0.15, 0.2) is 0 Å². The molecule has 1 N–H and O–H groups in total. The predicted octanol–water partition coefficient (Wildman–Crippen LogP) is 1.73. The Kier molecular flexibility index (Phi) is 2.50. The summed E-state index contributed by atoms with van der Waals surface area (Å²) in [7, 11) is 0. The molecule has 0 atom stereocenters. The van der Waals surface area contributed by atoms with Gasteiger partial charge in [0.05, 0.1) is 17.4 Å². The van der Waals surface area contributed by atoms with Crippen LogP contribution in [0.5, 0.6) is 0 Å². The summed E-state index contributed by atoms with van der Waals surface area (Å²) >= 11 is 0. The molecule has 0 saturated carbocycles. The van der Waals surface area contributed by atoms with E-state index in [2.05, 4.69) is 34.7 Å². The molecule has 0 aliphatic rings. The van der Waals surface area contributed by atoms with Crippen LogP contribution in [0.2, 0.25) is 0 Å². The van der Waals surface area contributed by atoms with Gasteiger partial charge in [-0.3, -0.25) is 0 Å². The molecule has 14 heavy (non-hydrogen) atoms. The van der Waals surface area contributed by atoms with Crippen molar-refractivity contribution in [2.75, 3.05) is 6.61 Å². The van der Waals surface area contributed by atoms with E-state index in [0.717, 1.165) is 24.0 Å². The minimum absolute atomic E-state index is 0.228. The fourth-order valence-corrected chi connectivity index (χ4v) is 1.59. The first-order chi connectivity index (χ1) is 6.81. The highest BCUT2D eigenvalue weighted by atomic mass is 16.3. The van der Waals surface area contributed by atoms with Gasteiger partial charge in [-0.15, -0.1) is 0 Å². The number of aryl methyl sites for hydroxylation is 2. The molecule has 0 fully saturated rings. The fraction of sp³-hybridized carbons (Fsp3) is 0.364. The summed E-state index contributed by atoms with van der Waals surface area (Å²) < 4.78 is 2.07. The highest BCUT2D eigenvalue weighted by molar-refractivity contribution is 5.75. The van der Waals surface area contributed by atoms with Crippen molar-refractivity contribution >= 4 is 11.0 Å². The molecule has 74 valence electrons. The van der Waals surface area contributed by atoms with Gasteiger partial charge in [-0.25, -0.2) is 4.98 Å². The highest BCUT2D eigenvalue weighted by Gasteiger charge is 2.01. The molecule has 2 aromatic rings. The summed E-state index contributed by atoms with van der Waals surface area (Å²) in [6.07, 6.45) is 2.61. The minimum Gasteiger partial charge on any atom is -0.396 e. The molecule has 2 rings (SSSR count). The van der Waals surface area contributed by atoms with Gasteiger partial charge in [-0.1, -0.05) is 6.07 Å². The molecule has 0 saturated heterocycles. The van der Waals surface area contributed by atoms with Gasteiger partial charge in [-0.05, 0) is 31.0 Å². The zero-order valence-corrected chi connectivity index (χ0v) is 8.27.